The maximum absolute atomic E-state index is 9.03. The summed E-state index contributed by atoms with van der Waals surface area (Å²) in [5.74, 6) is 0.979. The van der Waals surface area contributed by atoms with E-state index >= 15 is 0 Å². The fraction of sp³-hybridized carbons (Fsp3) is 0.0909. The van der Waals surface area contributed by atoms with Crippen molar-refractivity contribution in [3.8, 4) is 17.1 Å². The van der Waals surface area contributed by atoms with Gasteiger partial charge in [0.25, 0.3) is 0 Å². The summed E-state index contributed by atoms with van der Waals surface area (Å²) < 4.78 is 5.20. The third-order valence-corrected chi connectivity index (χ3v) is 2.70. The van der Waals surface area contributed by atoms with Gasteiger partial charge in [0.1, 0.15) is 10.9 Å². The van der Waals surface area contributed by atoms with Crippen molar-refractivity contribution in [2.45, 2.75) is 0 Å². The van der Waals surface area contributed by atoms with Gasteiger partial charge in [0.15, 0.2) is 5.82 Å². The van der Waals surface area contributed by atoms with Crippen molar-refractivity contribution >= 4 is 24.2 Å². The number of rotatable bonds is 3. The van der Waals surface area contributed by atoms with Gasteiger partial charge in [0.05, 0.1) is 12.7 Å². The number of hydrogen-bond donors (Lipinski definition) is 2. The van der Waals surface area contributed by atoms with Crippen molar-refractivity contribution in [2.75, 3.05) is 7.11 Å². The van der Waals surface area contributed by atoms with Crippen molar-refractivity contribution in [1.82, 2.24) is 9.97 Å². The van der Waals surface area contributed by atoms with E-state index in [1.54, 1.807) is 19.2 Å². The summed E-state index contributed by atoms with van der Waals surface area (Å²) in [6.07, 6.45) is 1.28. The van der Waals surface area contributed by atoms with Gasteiger partial charge in [-0.15, -0.1) is 0 Å². The van der Waals surface area contributed by atoms with Gasteiger partial charge in [-0.1, -0.05) is 23.7 Å². The molecule has 0 atom stereocenters. The molecule has 0 aliphatic heterocycles. The van der Waals surface area contributed by atoms with Crippen molar-refractivity contribution in [1.29, 1.82) is 0 Å². The van der Waals surface area contributed by atoms with Crippen LogP contribution in [0.2, 0.25) is 5.15 Å². The Morgan fingerprint density at radius 1 is 1.28 bits per heavy atom. The first-order valence-corrected chi connectivity index (χ1v) is 5.53. The van der Waals surface area contributed by atoms with E-state index in [1.165, 1.54) is 6.20 Å². The first-order valence-electron chi connectivity index (χ1n) is 5.15. The number of hydrogen-bond acceptors (Lipinski definition) is 5. The van der Waals surface area contributed by atoms with Crippen LogP contribution in [0.15, 0.2) is 30.5 Å². The predicted molar refractivity (Wildman–Crippen MR) is 68.9 cm³/mol. The molecule has 0 amide bonds. The maximum Gasteiger partial charge on any atom is 0.493 e. The van der Waals surface area contributed by atoms with Crippen LogP contribution in [0.4, 0.5) is 0 Å². The molecule has 1 aromatic carbocycles. The van der Waals surface area contributed by atoms with Gasteiger partial charge in [-0.25, -0.2) is 9.97 Å². The first-order chi connectivity index (χ1) is 8.63. The number of methoxy groups -OCH3 is 1. The SMILES string of the molecule is COc1ccccc1-c1ncc(B(O)O)c(Cl)n1. The van der Waals surface area contributed by atoms with Crippen LogP contribution in [0.25, 0.3) is 11.4 Å². The molecular weight excluding hydrogens is 254 g/mol. The summed E-state index contributed by atoms with van der Waals surface area (Å²) in [4.78, 5) is 8.07. The zero-order valence-electron chi connectivity index (χ0n) is 9.54. The Balaban J connectivity index is 2.49. The van der Waals surface area contributed by atoms with Gasteiger partial charge in [-0.2, -0.15) is 0 Å². The molecule has 0 saturated heterocycles. The highest BCUT2D eigenvalue weighted by atomic mass is 35.5. The topological polar surface area (TPSA) is 75.5 Å². The second-order valence-electron chi connectivity index (χ2n) is 3.51. The lowest BCUT2D eigenvalue weighted by Crippen LogP contribution is -2.32. The van der Waals surface area contributed by atoms with Crippen LogP contribution in [0.5, 0.6) is 5.75 Å². The van der Waals surface area contributed by atoms with Crippen molar-refractivity contribution in [3.63, 3.8) is 0 Å². The summed E-state index contributed by atoms with van der Waals surface area (Å²) in [6.45, 7) is 0. The summed E-state index contributed by atoms with van der Waals surface area (Å²) in [5, 5.41) is 18.1. The smallest absolute Gasteiger partial charge is 0.493 e. The van der Waals surface area contributed by atoms with E-state index in [0.717, 1.165) is 0 Å². The van der Waals surface area contributed by atoms with Crippen LogP contribution in [0, 0.1) is 0 Å². The lowest BCUT2D eigenvalue weighted by Gasteiger charge is -2.08. The third-order valence-electron chi connectivity index (χ3n) is 2.39. The van der Waals surface area contributed by atoms with Gasteiger partial charge in [0.2, 0.25) is 0 Å². The molecule has 0 radical (unpaired) electrons. The van der Waals surface area contributed by atoms with E-state index in [4.69, 9.17) is 26.4 Å². The summed E-state index contributed by atoms with van der Waals surface area (Å²) in [6, 6.07) is 7.22. The molecule has 5 nitrogen and oxygen atoms in total. The lowest BCUT2D eigenvalue weighted by molar-refractivity contribution is 0.416. The normalized spacial score (nSPS) is 10.2. The van der Waals surface area contributed by atoms with Crippen LogP contribution in [0.3, 0.4) is 0 Å². The molecule has 2 aromatic rings. The second-order valence-corrected chi connectivity index (χ2v) is 3.87. The Morgan fingerprint density at radius 3 is 2.61 bits per heavy atom. The summed E-state index contributed by atoms with van der Waals surface area (Å²) in [5.41, 5.74) is 0.746. The van der Waals surface area contributed by atoms with Gasteiger partial charge in [-0.3, -0.25) is 0 Å². The highest BCUT2D eigenvalue weighted by molar-refractivity contribution is 6.62. The average Bonchev–Trinajstić information content (AvgIpc) is 2.38. The predicted octanol–water partition coefficient (Wildman–Crippen LogP) is 0.485. The van der Waals surface area contributed by atoms with Gasteiger partial charge in [0, 0.05) is 11.7 Å². The summed E-state index contributed by atoms with van der Waals surface area (Å²) in [7, 11) is -0.143. The zero-order valence-corrected chi connectivity index (χ0v) is 10.3. The minimum absolute atomic E-state index is 0.000839. The molecule has 1 heterocycles. The van der Waals surface area contributed by atoms with E-state index in [-0.39, 0.29) is 10.6 Å². The van der Waals surface area contributed by atoms with Crippen LogP contribution in [0.1, 0.15) is 0 Å². The molecule has 18 heavy (non-hydrogen) atoms. The average molecular weight is 264 g/mol. The van der Waals surface area contributed by atoms with Crippen LogP contribution >= 0.6 is 11.6 Å². The Kier molecular flexibility index (Phi) is 3.81. The number of para-hydroxylation sites is 1. The summed E-state index contributed by atoms with van der Waals surface area (Å²) >= 11 is 5.86. The number of nitrogens with zero attached hydrogens (tertiary/aromatic N) is 2. The number of halogens is 1. The molecule has 2 rings (SSSR count). The van der Waals surface area contributed by atoms with Crippen molar-refractivity contribution in [3.05, 3.63) is 35.6 Å². The molecule has 1 aromatic heterocycles. The molecule has 2 N–H and O–H groups in total. The monoisotopic (exact) mass is 264 g/mol. The largest absolute Gasteiger partial charge is 0.496 e. The fourth-order valence-electron chi connectivity index (χ4n) is 1.50. The lowest BCUT2D eigenvalue weighted by atomic mass is 9.83. The Hall–Kier alpha value is -1.63. The Labute approximate surface area is 109 Å². The van der Waals surface area contributed by atoms with Gasteiger partial charge >= 0.3 is 7.12 Å². The Bertz CT molecular complexity index is 566. The van der Waals surface area contributed by atoms with Gasteiger partial charge < -0.3 is 14.8 Å². The molecule has 0 aliphatic carbocycles. The molecular formula is C11H10BClN2O3. The van der Waals surface area contributed by atoms with Crippen molar-refractivity contribution in [2.24, 2.45) is 0 Å². The highest BCUT2D eigenvalue weighted by Crippen LogP contribution is 2.26. The fourth-order valence-corrected chi connectivity index (χ4v) is 1.73. The number of benzene rings is 1. The highest BCUT2D eigenvalue weighted by Gasteiger charge is 2.18. The zero-order chi connectivity index (χ0) is 13.1. The van der Waals surface area contributed by atoms with Crippen LogP contribution in [-0.2, 0) is 0 Å². The van der Waals surface area contributed by atoms with E-state index in [2.05, 4.69) is 9.97 Å². The molecule has 7 heteroatoms. The minimum Gasteiger partial charge on any atom is -0.496 e. The molecule has 0 saturated carbocycles. The second kappa shape index (κ2) is 5.35. The van der Waals surface area contributed by atoms with Crippen molar-refractivity contribution < 1.29 is 14.8 Å². The van der Waals surface area contributed by atoms with Crippen LogP contribution in [-0.4, -0.2) is 34.2 Å². The minimum atomic E-state index is -1.69. The molecule has 0 fully saturated rings. The Morgan fingerprint density at radius 2 is 2.00 bits per heavy atom. The van der Waals surface area contributed by atoms with Crippen LogP contribution < -0.4 is 10.2 Å². The van der Waals surface area contributed by atoms with Gasteiger partial charge in [-0.05, 0) is 12.1 Å². The molecule has 92 valence electrons. The van der Waals surface area contributed by atoms with E-state index in [9.17, 15) is 0 Å². The molecule has 0 bridgehead atoms. The first kappa shape index (κ1) is 12.8. The molecule has 0 spiro atoms. The maximum atomic E-state index is 9.03. The number of ether oxygens (including phenoxy) is 1. The molecule has 0 aliphatic rings. The molecule has 0 unspecified atom stereocenters. The van der Waals surface area contributed by atoms with E-state index < -0.39 is 7.12 Å². The van der Waals surface area contributed by atoms with E-state index in [1.807, 2.05) is 12.1 Å². The third kappa shape index (κ3) is 2.45. The number of aromatic nitrogens is 2. The van der Waals surface area contributed by atoms with E-state index in [0.29, 0.717) is 17.1 Å². The quantitative estimate of drug-likeness (QED) is 0.623. The standard InChI is InChI=1S/C11H10BClN2O3/c1-18-9-5-3-2-4-7(9)11-14-6-8(12(16)17)10(13)15-11/h2-6,16-17H,1H3.